The van der Waals surface area contributed by atoms with Crippen LogP contribution in [-0.2, 0) is 0 Å². The van der Waals surface area contributed by atoms with Gasteiger partial charge in [0.05, 0.1) is 6.04 Å². The normalized spacial score (nSPS) is 40.0. The molecule has 0 saturated heterocycles. The van der Waals surface area contributed by atoms with Crippen molar-refractivity contribution >= 4 is 28.9 Å². The molecule has 1 aromatic carbocycles. The van der Waals surface area contributed by atoms with E-state index >= 15 is 0 Å². The van der Waals surface area contributed by atoms with Gasteiger partial charge in [0.15, 0.2) is 5.11 Å². The van der Waals surface area contributed by atoms with Gasteiger partial charge in [-0.1, -0.05) is 29.8 Å². The lowest BCUT2D eigenvalue weighted by atomic mass is 9.48. The van der Waals surface area contributed by atoms with Crippen molar-refractivity contribution in [3.05, 3.63) is 46.6 Å². The summed E-state index contributed by atoms with van der Waals surface area (Å²) >= 11 is 12.0. The Hall–Kier alpha value is -1.06. The molecule has 126 valence electrons. The van der Waals surface area contributed by atoms with Gasteiger partial charge in [-0.15, -0.1) is 0 Å². The number of allylic oxidation sites excluding steroid dienone is 1. The second kappa shape index (κ2) is 5.47. The summed E-state index contributed by atoms with van der Waals surface area (Å²) in [7, 11) is 0. The zero-order valence-corrected chi connectivity index (χ0v) is 15.3. The number of hydrogen-bond acceptors (Lipinski definition) is 1. The molecule has 1 aromatic rings. The molecule has 1 aliphatic heterocycles. The van der Waals surface area contributed by atoms with E-state index in [4.69, 9.17) is 23.8 Å². The molecule has 0 spiro atoms. The molecule has 4 fully saturated rings. The quantitative estimate of drug-likeness (QED) is 0.731. The van der Waals surface area contributed by atoms with E-state index in [9.17, 15) is 0 Å². The van der Waals surface area contributed by atoms with Crippen molar-refractivity contribution in [2.45, 2.75) is 44.6 Å². The van der Waals surface area contributed by atoms with Gasteiger partial charge >= 0.3 is 0 Å². The van der Waals surface area contributed by atoms with Gasteiger partial charge in [-0.05, 0) is 86.2 Å². The van der Waals surface area contributed by atoms with Gasteiger partial charge in [-0.2, -0.15) is 0 Å². The zero-order chi connectivity index (χ0) is 16.3. The molecule has 4 saturated carbocycles. The number of halogens is 1. The largest absolute Gasteiger partial charge is 0.352 e. The topological polar surface area (TPSA) is 24.1 Å². The molecule has 24 heavy (non-hydrogen) atoms. The molecule has 0 amide bonds. The van der Waals surface area contributed by atoms with Gasteiger partial charge in [0.2, 0.25) is 0 Å². The average Bonchev–Trinajstić information content (AvgIpc) is 2.53. The first kappa shape index (κ1) is 15.2. The lowest BCUT2D eigenvalue weighted by molar-refractivity contribution is -0.0331. The Bertz CT molecular complexity index is 691. The van der Waals surface area contributed by atoms with Crippen LogP contribution in [0.3, 0.4) is 0 Å². The van der Waals surface area contributed by atoms with Crippen LogP contribution in [0.1, 0.15) is 50.1 Å². The lowest BCUT2D eigenvalue weighted by Gasteiger charge is -2.58. The van der Waals surface area contributed by atoms with E-state index in [1.165, 1.54) is 44.2 Å². The van der Waals surface area contributed by atoms with Crippen molar-refractivity contribution < 1.29 is 0 Å². The van der Waals surface area contributed by atoms with Gasteiger partial charge in [0.25, 0.3) is 0 Å². The smallest absolute Gasteiger partial charge is 0.171 e. The van der Waals surface area contributed by atoms with Crippen molar-refractivity contribution in [2.24, 2.45) is 23.2 Å². The monoisotopic (exact) mass is 358 g/mol. The lowest BCUT2D eigenvalue weighted by Crippen LogP contribution is -2.53. The fraction of sp³-hybridized carbons (Fsp3) is 0.550. The van der Waals surface area contributed by atoms with Crippen molar-refractivity contribution in [1.29, 1.82) is 0 Å². The fourth-order valence-corrected chi connectivity index (χ4v) is 6.68. The summed E-state index contributed by atoms with van der Waals surface area (Å²) in [5.74, 6) is 2.79. The Balaban J connectivity index is 1.53. The average molecular weight is 359 g/mol. The first-order valence-corrected chi connectivity index (χ1v) is 9.94. The van der Waals surface area contributed by atoms with E-state index < -0.39 is 0 Å². The molecular weight excluding hydrogens is 336 g/mol. The molecule has 4 heteroatoms. The van der Waals surface area contributed by atoms with Crippen LogP contribution in [0.2, 0.25) is 5.02 Å². The molecule has 2 N–H and O–H groups in total. The SMILES string of the molecule is S=C1NC(C23CC4CC(CC(C4)C2)C3)=C[C@H](c2ccccc2Cl)N1. The van der Waals surface area contributed by atoms with E-state index in [1.54, 1.807) is 0 Å². The van der Waals surface area contributed by atoms with Gasteiger partial charge in [0.1, 0.15) is 0 Å². The first-order valence-electron chi connectivity index (χ1n) is 9.15. The maximum Gasteiger partial charge on any atom is 0.171 e. The van der Waals surface area contributed by atoms with Gasteiger partial charge in [-0.25, -0.2) is 0 Å². The van der Waals surface area contributed by atoms with Crippen LogP contribution in [0.4, 0.5) is 0 Å². The van der Waals surface area contributed by atoms with E-state index in [0.717, 1.165) is 33.5 Å². The highest BCUT2D eigenvalue weighted by Crippen LogP contribution is 2.62. The summed E-state index contributed by atoms with van der Waals surface area (Å²) < 4.78 is 0. The van der Waals surface area contributed by atoms with Crippen molar-refractivity contribution in [3.8, 4) is 0 Å². The van der Waals surface area contributed by atoms with Crippen molar-refractivity contribution in [2.75, 3.05) is 0 Å². The molecule has 1 heterocycles. The van der Waals surface area contributed by atoms with Crippen LogP contribution in [0.25, 0.3) is 0 Å². The van der Waals surface area contributed by atoms with E-state index in [0.29, 0.717) is 5.41 Å². The highest BCUT2D eigenvalue weighted by atomic mass is 35.5. The Morgan fingerprint density at radius 1 is 1.00 bits per heavy atom. The molecule has 4 bridgehead atoms. The van der Waals surface area contributed by atoms with Crippen LogP contribution < -0.4 is 10.6 Å². The third-order valence-corrected chi connectivity index (χ3v) is 7.28. The second-order valence-electron chi connectivity index (χ2n) is 8.38. The van der Waals surface area contributed by atoms with E-state index in [-0.39, 0.29) is 6.04 Å². The van der Waals surface area contributed by atoms with Crippen molar-refractivity contribution in [3.63, 3.8) is 0 Å². The van der Waals surface area contributed by atoms with Gasteiger partial charge in [-0.3, -0.25) is 0 Å². The summed E-state index contributed by atoms with van der Waals surface area (Å²) in [4.78, 5) is 0. The minimum Gasteiger partial charge on any atom is -0.352 e. The van der Waals surface area contributed by atoms with Crippen LogP contribution in [0, 0.1) is 23.2 Å². The molecule has 0 aromatic heterocycles. The van der Waals surface area contributed by atoms with E-state index in [1.807, 2.05) is 18.2 Å². The van der Waals surface area contributed by atoms with Crippen LogP contribution in [0.5, 0.6) is 0 Å². The minimum atomic E-state index is 0.0791. The Morgan fingerprint density at radius 3 is 2.25 bits per heavy atom. The maximum absolute atomic E-state index is 6.44. The molecule has 1 atom stereocenters. The molecule has 5 aliphatic rings. The van der Waals surface area contributed by atoms with Gasteiger partial charge < -0.3 is 10.6 Å². The molecule has 0 unspecified atom stereocenters. The van der Waals surface area contributed by atoms with Crippen LogP contribution >= 0.6 is 23.8 Å². The predicted octanol–water partition coefficient (Wildman–Crippen LogP) is 4.96. The summed E-state index contributed by atoms with van der Waals surface area (Å²) in [6, 6.07) is 8.17. The Kier molecular flexibility index (Phi) is 3.47. The Labute approximate surface area is 154 Å². The predicted molar refractivity (Wildman–Crippen MR) is 102 cm³/mol. The third-order valence-electron chi connectivity index (χ3n) is 6.72. The molecule has 6 rings (SSSR count). The molecule has 0 radical (unpaired) electrons. The summed E-state index contributed by atoms with van der Waals surface area (Å²) in [5, 5.41) is 8.48. The third kappa shape index (κ3) is 2.40. The number of rotatable bonds is 2. The summed E-state index contributed by atoms with van der Waals surface area (Å²) in [5.41, 5.74) is 2.82. The number of hydrogen-bond donors (Lipinski definition) is 2. The number of thiocarbonyl (C=S) groups is 1. The Morgan fingerprint density at radius 2 is 1.62 bits per heavy atom. The van der Waals surface area contributed by atoms with Crippen LogP contribution in [-0.4, -0.2) is 5.11 Å². The fourth-order valence-electron chi connectivity index (χ4n) is 6.19. The zero-order valence-electron chi connectivity index (χ0n) is 13.7. The second-order valence-corrected chi connectivity index (χ2v) is 9.19. The molecule has 4 aliphatic carbocycles. The maximum atomic E-state index is 6.44. The summed E-state index contributed by atoms with van der Waals surface area (Å²) in [6.45, 7) is 0. The number of benzene rings is 1. The highest BCUT2D eigenvalue weighted by Gasteiger charge is 2.53. The highest BCUT2D eigenvalue weighted by molar-refractivity contribution is 7.80. The standard InChI is InChI=1S/C20H23ClN2S/c21-16-4-2-1-3-15(16)17-8-18(23-19(24)22-17)20-9-12-5-13(10-20)7-14(6-12)11-20/h1-4,8,12-14,17H,5-7,9-11H2,(H2,22,23,24)/t12?,13?,14?,17-,20?/m1/s1. The first-order chi connectivity index (χ1) is 11.6. The van der Waals surface area contributed by atoms with Crippen molar-refractivity contribution in [1.82, 2.24) is 10.6 Å². The molecular formula is C20H23ClN2S. The molecule has 2 nitrogen and oxygen atoms in total. The van der Waals surface area contributed by atoms with Crippen LogP contribution in [0.15, 0.2) is 36.0 Å². The minimum absolute atomic E-state index is 0.0791. The number of nitrogens with one attached hydrogen (secondary N) is 2. The summed E-state index contributed by atoms with van der Waals surface area (Å²) in [6.07, 6.45) is 10.8. The van der Waals surface area contributed by atoms with Gasteiger partial charge in [0, 0.05) is 16.1 Å². The van der Waals surface area contributed by atoms with E-state index in [2.05, 4.69) is 22.8 Å².